The second kappa shape index (κ2) is 29.7. The molecule has 79 heavy (non-hydrogen) atoms. The van der Waals surface area contributed by atoms with Crippen LogP contribution in [-0.4, -0.2) is 159 Å². The van der Waals surface area contributed by atoms with Gasteiger partial charge >= 0.3 is 0 Å². The number of aromatic amines is 1. The number of nitrogens with two attached hydrogens (primary N) is 6. The van der Waals surface area contributed by atoms with Crippen LogP contribution in [-0.2, 0) is 59.2 Å². The molecule has 1 saturated carbocycles. The zero-order chi connectivity index (χ0) is 58.0. The van der Waals surface area contributed by atoms with Crippen molar-refractivity contribution in [1.82, 2.24) is 47.1 Å². The van der Waals surface area contributed by atoms with Crippen molar-refractivity contribution in [3.8, 4) is 0 Å². The third kappa shape index (κ3) is 18.2. The molecule has 2 aliphatic heterocycles. The molecule has 1 aliphatic carbocycles. The Morgan fingerprint density at radius 2 is 1.48 bits per heavy atom. The number of carbonyl (C=O) groups excluding carboxylic acids is 11. The summed E-state index contributed by atoms with van der Waals surface area (Å²) in [6, 6.07) is -1.88. The van der Waals surface area contributed by atoms with Gasteiger partial charge in [-0.1, -0.05) is 79.3 Å². The van der Waals surface area contributed by atoms with Gasteiger partial charge in [0.15, 0.2) is 5.96 Å². The van der Waals surface area contributed by atoms with Gasteiger partial charge in [0.1, 0.15) is 42.3 Å². The van der Waals surface area contributed by atoms with E-state index in [2.05, 4.69) is 47.2 Å². The fraction of sp³-hybridized carbons (Fsp3) is 0.600. The molecule has 0 unspecified atom stereocenters. The number of rotatable bonds is 19. The zero-order valence-electron chi connectivity index (χ0n) is 44.5. The number of hydrogen-bond acceptors (Lipinski definition) is 15. The molecule has 20 N–H and O–H groups in total. The molecule has 2 saturated heterocycles. The predicted octanol–water partition coefficient (Wildman–Crippen LogP) is -3.12. The van der Waals surface area contributed by atoms with Gasteiger partial charge in [0.2, 0.25) is 65.0 Å². The van der Waals surface area contributed by atoms with Gasteiger partial charge in [0, 0.05) is 42.9 Å². The quantitative estimate of drug-likeness (QED) is 0.0286. The maximum atomic E-state index is 15.0. The van der Waals surface area contributed by atoms with Gasteiger partial charge in [-0.25, -0.2) is 0 Å². The molecular formula is C50H76N16O11S2. The van der Waals surface area contributed by atoms with Gasteiger partial charge in [0.05, 0.1) is 23.8 Å². The Kier molecular flexibility index (Phi) is 23.6. The Bertz CT molecular complexity index is 2560. The third-order valence-electron chi connectivity index (χ3n) is 14.3. The van der Waals surface area contributed by atoms with E-state index >= 15 is 0 Å². The second-order valence-corrected chi connectivity index (χ2v) is 23.0. The van der Waals surface area contributed by atoms with Crippen molar-refractivity contribution in [2.45, 2.75) is 157 Å². The van der Waals surface area contributed by atoms with Gasteiger partial charge in [-0.15, -0.1) is 0 Å². The minimum Gasteiger partial charge on any atom is -0.370 e. The number of guanidine groups is 1. The number of benzene rings is 1. The molecule has 434 valence electrons. The van der Waals surface area contributed by atoms with Crippen molar-refractivity contribution in [3.05, 3.63) is 36.0 Å². The zero-order valence-corrected chi connectivity index (χ0v) is 46.1. The van der Waals surface area contributed by atoms with Crippen LogP contribution in [0.4, 0.5) is 0 Å². The number of hydrogen-bond donors (Lipinski definition) is 14. The lowest BCUT2D eigenvalue weighted by molar-refractivity contribution is -0.142. The Morgan fingerprint density at radius 1 is 0.810 bits per heavy atom. The lowest BCUT2D eigenvalue weighted by atomic mass is 9.82. The number of para-hydroxylation sites is 1. The highest BCUT2D eigenvalue weighted by atomic mass is 33.1. The van der Waals surface area contributed by atoms with Crippen molar-refractivity contribution < 1.29 is 52.7 Å². The summed E-state index contributed by atoms with van der Waals surface area (Å²) in [7, 11) is 2.34. The van der Waals surface area contributed by atoms with Crippen molar-refractivity contribution in [2.24, 2.45) is 45.3 Å². The van der Waals surface area contributed by atoms with Gasteiger partial charge in [-0.2, -0.15) is 0 Å². The number of amides is 11. The SMILES string of the molecule is CC[C@@H](C)[C@@H]1NC(=O)[C@@H](Cc2cc3ccccc3[nH]2)NC(=O)[C@@H](N)C2(CCCCC2)SSC[C@@H](C(=O)N2CCC[C@H]2C(=O)N[C@H](CCCN=C(N)N)C(=O)NCC(N)=O)NC(=O)[C@H](CC(N)=O)NC(=O)[C@H](CCC(N)=O)NC1=O. The van der Waals surface area contributed by atoms with Crippen LogP contribution >= 0.6 is 21.6 Å². The average molecular weight is 1140 g/mol. The number of nitrogens with zero attached hydrogens (tertiary/aromatic N) is 2. The van der Waals surface area contributed by atoms with Gasteiger partial charge in [-0.3, -0.25) is 57.7 Å². The maximum Gasteiger partial charge on any atom is 0.246 e. The highest BCUT2D eigenvalue weighted by Gasteiger charge is 2.46. The summed E-state index contributed by atoms with van der Waals surface area (Å²) in [6.07, 6.45) is 2.41. The lowest BCUT2D eigenvalue weighted by Gasteiger charge is -2.40. The first-order valence-electron chi connectivity index (χ1n) is 26.5. The number of likely N-dealkylation sites (tertiary alicyclic amines) is 1. The summed E-state index contributed by atoms with van der Waals surface area (Å²) in [5, 5.41) is 19.3. The standard InChI is InChI=1S/C50H76N16O11S2/c1-3-26(2)39-46(75)61-31(15-16-36(51)67)42(71)62-33(23-37(52)68)43(72)64-34(48(77)66-20-10-14-35(66)45(74)60-30(13-9-19-57-49(55)56)41(70)58-24-38(53)69)25-78-79-50(17-7-4-8-18-50)40(54)47(76)63-32(44(73)65-39)22-28-21-27-11-5-6-12-29(27)59-28/h5-6,11-12,21,26,30-35,39-40,59H,3-4,7-10,13-20,22-25,54H2,1-2H3,(H2,51,67)(H2,52,68)(H2,53,69)(H,58,70)(H,60,74)(H,61,75)(H,62,71)(H,63,76)(H,64,72)(H,65,73)(H4,55,56,57)/t26-,30-,31+,32-,33+,34+,35+,39+,40-/m1/s1. The number of fused-ring (bicyclic) bond motifs is 1. The Morgan fingerprint density at radius 3 is 2.14 bits per heavy atom. The minimum absolute atomic E-state index is 0.0126. The van der Waals surface area contributed by atoms with Crippen LogP contribution in [0, 0.1) is 5.92 Å². The van der Waals surface area contributed by atoms with E-state index in [9.17, 15) is 52.7 Å². The molecule has 3 fully saturated rings. The molecule has 0 bridgehead atoms. The minimum atomic E-state index is -1.77. The van der Waals surface area contributed by atoms with E-state index in [-0.39, 0.29) is 50.5 Å². The number of aromatic nitrogens is 1. The second-order valence-electron chi connectivity index (χ2n) is 20.2. The molecule has 3 aliphatic rings. The van der Waals surface area contributed by atoms with E-state index in [0.29, 0.717) is 44.2 Å². The number of nitrogens with one attached hydrogen (secondary N) is 8. The predicted molar refractivity (Wildman–Crippen MR) is 296 cm³/mol. The molecule has 1 aromatic carbocycles. The van der Waals surface area contributed by atoms with E-state index in [1.54, 1.807) is 13.8 Å². The highest BCUT2D eigenvalue weighted by Crippen LogP contribution is 2.48. The summed E-state index contributed by atoms with van der Waals surface area (Å²) < 4.78 is -0.990. The van der Waals surface area contributed by atoms with E-state index in [1.165, 1.54) is 15.7 Å². The van der Waals surface area contributed by atoms with Gasteiger partial charge in [-0.05, 0) is 68.4 Å². The number of primary amides is 3. The number of aliphatic imine (C=N–C) groups is 1. The van der Waals surface area contributed by atoms with E-state index in [1.807, 2.05) is 30.3 Å². The first-order valence-corrected chi connectivity index (χ1v) is 28.8. The molecule has 9 atom stereocenters. The van der Waals surface area contributed by atoms with E-state index in [0.717, 1.165) is 28.1 Å². The summed E-state index contributed by atoms with van der Waals surface area (Å²) >= 11 is 0. The molecule has 3 heterocycles. The molecule has 29 heteroatoms. The molecule has 2 aromatic rings. The summed E-state index contributed by atoms with van der Waals surface area (Å²) in [4.78, 5) is 159. The van der Waals surface area contributed by atoms with Gasteiger partial charge in [0.25, 0.3) is 0 Å². The normalized spacial score (nSPS) is 24.3. The van der Waals surface area contributed by atoms with Crippen molar-refractivity contribution in [3.63, 3.8) is 0 Å². The van der Waals surface area contributed by atoms with Crippen molar-refractivity contribution >= 4 is 103 Å². The topological polar surface area (TPSA) is 459 Å². The third-order valence-corrected chi connectivity index (χ3v) is 17.6. The highest BCUT2D eigenvalue weighted by molar-refractivity contribution is 8.77. The first-order chi connectivity index (χ1) is 37.5. The summed E-state index contributed by atoms with van der Waals surface area (Å²) in [5.74, 6) is -10.3. The van der Waals surface area contributed by atoms with Crippen molar-refractivity contribution in [2.75, 3.05) is 25.4 Å². The van der Waals surface area contributed by atoms with Crippen LogP contribution in [0.2, 0.25) is 0 Å². The molecular weight excluding hydrogens is 1060 g/mol. The smallest absolute Gasteiger partial charge is 0.246 e. The Labute approximate surface area is 465 Å². The first kappa shape index (κ1) is 62.7. The molecule has 0 radical (unpaired) electrons. The average Bonchev–Trinajstić information content (AvgIpc) is 4.20. The summed E-state index contributed by atoms with van der Waals surface area (Å²) in [6.45, 7) is 3.06. The van der Waals surface area contributed by atoms with Crippen LogP contribution in [0.3, 0.4) is 0 Å². The molecule has 1 aromatic heterocycles. The number of carbonyl (C=O) groups is 11. The van der Waals surface area contributed by atoms with Crippen LogP contribution in [0.1, 0.15) is 103 Å². The van der Waals surface area contributed by atoms with E-state index in [4.69, 9.17) is 34.4 Å². The fourth-order valence-corrected chi connectivity index (χ4v) is 13.2. The monoisotopic (exact) mass is 1140 g/mol. The van der Waals surface area contributed by atoms with E-state index < -0.39 is 150 Å². The Balaban J connectivity index is 1.54. The molecule has 11 amide bonds. The van der Waals surface area contributed by atoms with Crippen molar-refractivity contribution in [1.29, 1.82) is 0 Å². The summed E-state index contributed by atoms with van der Waals surface area (Å²) in [5.41, 5.74) is 35.6. The number of H-pyrrole nitrogens is 1. The van der Waals surface area contributed by atoms with Crippen LogP contribution in [0.25, 0.3) is 10.9 Å². The fourth-order valence-electron chi connectivity index (χ4n) is 9.73. The maximum absolute atomic E-state index is 15.0. The van der Waals surface area contributed by atoms with Crippen LogP contribution < -0.4 is 71.6 Å². The molecule has 1 spiro atoms. The van der Waals surface area contributed by atoms with Crippen LogP contribution in [0.15, 0.2) is 35.3 Å². The lowest BCUT2D eigenvalue weighted by Crippen LogP contribution is -2.62. The molecule has 5 rings (SSSR count). The molecule has 27 nitrogen and oxygen atoms in total. The van der Waals surface area contributed by atoms with Crippen LogP contribution in [0.5, 0.6) is 0 Å². The Hall–Kier alpha value is -7.14. The largest absolute Gasteiger partial charge is 0.370 e. The van der Waals surface area contributed by atoms with Gasteiger partial charge < -0.3 is 81.5 Å².